The van der Waals surface area contributed by atoms with Crippen LogP contribution in [-0.4, -0.2) is 46.4 Å². The normalized spacial score (nSPS) is 17.2. The van der Waals surface area contributed by atoms with Crippen LogP contribution in [0.4, 0.5) is 10.1 Å². The van der Waals surface area contributed by atoms with E-state index < -0.39 is 0 Å². The highest BCUT2D eigenvalue weighted by molar-refractivity contribution is 14.0. The zero-order chi connectivity index (χ0) is 19.2. The standard InChI is InChI=1S/C19H28FN7.HI/c1-4-21-19(22-12-18-25-24-14(2)26(18)3)23-16-8-6-10-27(13-16)17-9-5-7-15(20)11-17;/h5,7,9,11,16H,4,6,8,10,12-13H2,1-3H3,(H2,21,22,23);1H. The van der Waals surface area contributed by atoms with Crippen LogP contribution in [0, 0.1) is 12.7 Å². The van der Waals surface area contributed by atoms with Gasteiger partial charge in [0.05, 0.1) is 0 Å². The predicted molar refractivity (Wildman–Crippen MR) is 121 cm³/mol. The van der Waals surface area contributed by atoms with E-state index in [0.29, 0.717) is 6.54 Å². The topological polar surface area (TPSA) is 70.4 Å². The van der Waals surface area contributed by atoms with Crippen molar-refractivity contribution in [3.8, 4) is 0 Å². The molecule has 0 saturated carbocycles. The van der Waals surface area contributed by atoms with Gasteiger partial charge >= 0.3 is 0 Å². The van der Waals surface area contributed by atoms with E-state index in [2.05, 4.69) is 30.7 Å². The molecule has 2 N–H and O–H groups in total. The summed E-state index contributed by atoms with van der Waals surface area (Å²) in [7, 11) is 1.94. The van der Waals surface area contributed by atoms with Gasteiger partial charge in [-0.15, -0.1) is 34.2 Å². The minimum atomic E-state index is -0.198. The van der Waals surface area contributed by atoms with Gasteiger partial charge in [-0.3, -0.25) is 0 Å². The van der Waals surface area contributed by atoms with Crippen molar-refractivity contribution in [1.29, 1.82) is 0 Å². The monoisotopic (exact) mass is 501 g/mol. The first kappa shape index (κ1) is 22.4. The van der Waals surface area contributed by atoms with Crippen LogP contribution in [0.2, 0.25) is 0 Å². The fourth-order valence-electron chi connectivity index (χ4n) is 3.25. The van der Waals surface area contributed by atoms with Gasteiger partial charge in [0.2, 0.25) is 0 Å². The summed E-state index contributed by atoms with van der Waals surface area (Å²) in [6.07, 6.45) is 2.11. The average molecular weight is 501 g/mol. The third kappa shape index (κ3) is 5.79. The Bertz CT molecular complexity index is 792. The van der Waals surface area contributed by atoms with Gasteiger partial charge < -0.3 is 20.1 Å². The quantitative estimate of drug-likeness (QED) is 0.375. The summed E-state index contributed by atoms with van der Waals surface area (Å²) in [6.45, 7) is 6.97. The fourth-order valence-corrected chi connectivity index (χ4v) is 3.25. The minimum absolute atomic E-state index is 0. The zero-order valence-corrected chi connectivity index (χ0v) is 19.0. The Hall–Kier alpha value is -1.91. The number of nitrogens with zero attached hydrogens (tertiary/aromatic N) is 5. The number of aliphatic imine (C=N–C) groups is 1. The Morgan fingerprint density at radius 3 is 2.86 bits per heavy atom. The van der Waals surface area contributed by atoms with Gasteiger partial charge in [-0.2, -0.15) is 0 Å². The predicted octanol–water partition coefficient (Wildman–Crippen LogP) is 2.60. The van der Waals surface area contributed by atoms with Gasteiger partial charge in [-0.05, 0) is 44.9 Å². The number of aryl methyl sites for hydroxylation is 1. The van der Waals surface area contributed by atoms with Crippen molar-refractivity contribution in [3.05, 3.63) is 41.7 Å². The van der Waals surface area contributed by atoms with Crippen LogP contribution in [0.25, 0.3) is 0 Å². The maximum atomic E-state index is 13.5. The number of benzene rings is 1. The first-order valence-corrected chi connectivity index (χ1v) is 9.47. The lowest BCUT2D eigenvalue weighted by Gasteiger charge is -2.35. The second kappa shape index (κ2) is 10.6. The maximum absolute atomic E-state index is 13.5. The number of piperidine rings is 1. The number of halogens is 2. The molecule has 9 heteroatoms. The maximum Gasteiger partial charge on any atom is 0.191 e. The van der Waals surface area contributed by atoms with Crippen LogP contribution in [0.1, 0.15) is 31.4 Å². The molecule has 1 aliphatic rings. The van der Waals surface area contributed by atoms with Gasteiger partial charge in [0.15, 0.2) is 11.8 Å². The molecule has 0 bridgehead atoms. The number of rotatable bonds is 5. The molecule has 1 saturated heterocycles. The van der Waals surface area contributed by atoms with E-state index in [1.807, 2.05) is 31.5 Å². The zero-order valence-electron chi connectivity index (χ0n) is 16.7. The summed E-state index contributed by atoms with van der Waals surface area (Å²) in [5.74, 6) is 2.27. The molecule has 154 valence electrons. The van der Waals surface area contributed by atoms with Gasteiger partial charge in [0.1, 0.15) is 18.2 Å². The highest BCUT2D eigenvalue weighted by Crippen LogP contribution is 2.20. The molecule has 0 aliphatic carbocycles. The molecule has 1 fully saturated rings. The first-order valence-electron chi connectivity index (χ1n) is 9.47. The first-order chi connectivity index (χ1) is 13.1. The number of nitrogens with one attached hydrogen (secondary N) is 2. The van der Waals surface area contributed by atoms with Crippen molar-refractivity contribution in [2.45, 2.75) is 39.3 Å². The van der Waals surface area contributed by atoms with Crippen molar-refractivity contribution in [1.82, 2.24) is 25.4 Å². The van der Waals surface area contributed by atoms with Crippen LogP contribution < -0.4 is 15.5 Å². The van der Waals surface area contributed by atoms with Crippen molar-refractivity contribution in [2.75, 3.05) is 24.5 Å². The van der Waals surface area contributed by atoms with Gasteiger partial charge in [0.25, 0.3) is 0 Å². The lowest BCUT2D eigenvalue weighted by atomic mass is 10.0. The Labute approximate surface area is 182 Å². The Morgan fingerprint density at radius 2 is 2.18 bits per heavy atom. The molecule has 0 spiro atoms. The molecule has 7 nitrogen and oxygen atoms in total. The second-order valence-corrected chi connectivity index (χ2v) is 6.83. The Kier molecular flexibility index (Phi) is 8.46. The van der Waals surface area contributed by atoms with E-state index in [4.69, 9.17) is 0 Å². The SMILES string of the molecule is CCNC(=NCc1nnc(C)n1C)NC1CCCN(c2cccc(F)c2)C1.I. The van der Waals surface area contributed by atoms with Crippen LogP contribution >= 0.6 is 24.0 Å². The van der Waals surface area contributed by atoms with Crippen LogP contribution in [0.15, 0.2) is 29.3 Å². The van der Waals surface area contributed by atoms with Gasteiger partial charge in [-0.1, -0.05) is 6.07 Å². The summed E-state index contributed by atoms with van der Waals surface area (Å²) >= 11 is 0. The van der Waals surface area contributed by atoms with E-state index in [-0.39, 0.29) is 35.8 Å². The molecule has 0 radical (unpaired) electrons. The van der Waals surface area contributed by atoms with E-state index in [1.165, 1.54) is 6.07 Å². The molecule has 1 aromatic carbocycles. The molecule has 3 rings (SSSR count). The largest absolute Gasteiger partial charge is 0.369 e. The number of hydrogen-bond donors (Lipinski definition) is 2. The lowest BCUT2D eigenvalue weighted by Crippen LogP contribution is -2.51. The fraction of sp³-hybridized carbons (Fsp3) is 0.526. The number of aromatic nitrogens is 3. The van der Waals surface area contributed by atoms with Gasteiger partial charge in [0, 0.05) is 38.4 Å². The summed E-state index contributed by atoms with van der Waals surface area (Å²) in [5, 5.41) is 15.0. The Balaban J connectivity index is 0.00000280. The second-order valence-electron chi connectivity index (χ2n) is 6.83. The van der Waals surface area contributed by atoms with E-state index in [1.54, 1.807) is 12.1 Å². The molecular formula is C19H29FIN7. The summed E-state index contributed by atoms with van der Waals surface area (Å²) < 4.78 is 15.5. The summed E-state index contributed by atoms with van der Waals surface area (Å²) in [6, 6.07) is 7.05. The molecule has 2 heterocycles. The molecule has 1 aliphatic heterocycles. The highest BCUT2D eigenvalue weighted by Gasteiger charge is 2.21. The molecule has 1 unspecified atom stereocenters. The number of guanidine groups is 1. The summed E-state index contributed by atoms with van der Waals surface area (Å²) in [4.78, 5) is 6.88. The third-order valence-electron chi connectivity index (χ3n) is 4.84. The Morgan fingerprint density at radius 1 is 1.36 bits per heavy atom. The van der Waals surface area contributed by atoms with Crippen molar-refractivity contribution in [3.63, 3.8) is 0 Å². The molecule has 1 atom stereocenters. The van der Waals surface area contributed by atoms with Crippen LogP contribution in [-0.2, 0) is 13.6 Å². The summed E-state index contributed by atoms with van der Waals surface area (Å²) in [5.41, 5.74) is 0.929. The van der Waals surface area contributed by atoms with Crippen LogP contribution in [0.3, 0.4) is 0 Å². The third-order valence-corrected chi connectivity index (χ3v) is 4.84. The average Bonchev–Trinajstić information content (AvgIpc) is 2.98. The number of anilines is 1. The molecule has 0 amide bonds. The lowest BCUT2D eigenvalue weighted by molar-refractivity contribution is 0.467. The molecular weight excluding hydrogens is 472 g/mol. The minimum Gasteiger partial charge on any atom is -0.369 e. The molecule has 1 aromatic heterocycles. The van der Waals surface area contributed by atoms with Crippen LogP contribution in [0.5, 0.6) is 0 Å². The highest BCUT2D eigenvalue weighted by atomic mass is 127. The van der Waals surface area contributed by atoms with Crippen molar-refractivity contribution >= 4 is 35.6 Å². The molecule has 2 aromatic rings. The number of hydrogen-bond acceptors (Lipinski definition) is 4. The molecule has 28 heavy (non-hydrogen) atoms. The van der Waals surface area contributed by atoms with Crippen molar-refractivity contribution in [2.24, 2.45) is 12.0 Å². The van der Waals surface area contributed by atoms with E-state index >= 15 is 0 Å². The smallest absolute Gasteiger partial charge is 0.191 e. The van der Waals surface area contributed by atoms with E-state index in [0.717, 1.165) is 55.8 Å². The van der Waals surface area contributed by atoms with Crippen molar-refractivity contribution < 1.29 is 4.39 Å². The van der Waals surface area contributed by atoms with E-state index in [9.17, 15) is 4.39 Å². The van der Waals surface area contributed by atoms with Gasteiger partial charge in [-0.25, -0.2) is 9.38 Å².